The first-order valence-electron chi connectivity index (χ1n) is 11.2. The summed E-state index contributed by atoms with van der Waals surface area (Å²) in [5.41, 5.74) is 4.63. The van der Waals surface area contributed by atoms with Crippen molar-refractivity contribution >= 4 is 24.6 Å². The van der Waals surface area contributed by atoms with Gasteiger partial charge in [-0.2, -0.15) is 0 Å². The maximum absolute atomic E-state index is 12.7. The normalized spacial score (nSPS) is 11.6. The van der Waals surface area contributed by atoms with E-state index in [4.69, 9.17) is 13.6 Å². The monoisotopic (exact) mass is 486 g/mol. The highest BCUT2D eigenvalue weighted by Gasteiger charge is 2.22. The Morgan fingerprint density at radius 1 is 1.03 bits per heavy atom. The molecule has 0 radical (unpaired) electrons. The fraction of sp³-hybridized carbons (Fsp3) is 0.360. The number of amides is 1. The second-order valence-electron chi connectivity index (χ2n) is 7.69. The van der Waals surface area contributed by atoms with E-state index < -0.39 is 7.82 Å². The summed E-state index contributed by atoms with van der Waals surface area (Å²) in [5, 5.41) is 13.3. The number of aliphatic hydroxyl groups excluding tert-OH is 1. The van der Waals surface area contributed by atoms with Crippen molar-refractivity contribution in [1.29, 1.82) is 0 Å². The molecule has 0 saturated carbocycles. The highest BCUT2D eigenvalue weighted by Crippen LogP contribution is 2.47. The molecule has 2 aromatic carbocycles. The lowest BCUT2D eigenvalue weighted by Crippen LogP contribution is -2.26. The lowest BCUT2D eigenvalue weighted by atomic mass is 9.93. The Kier molecular flexibility index (Phi) is 9.74. The van der Waals surface area contributed by atoms with Gasteiger partial charge in [0.15, 0.2) is 0 Å². The number of aromatic nitrogens is 1. The van der Waals surface area contributed by atoms with Gasteiger partial charge in [0, 0.05) is 39.0 Å². The predicted octanol–water partition coefficient (Wildman–Crippen LogP) is 4.29. The number of phosphoric ester groups is 1. The number of hydrogen-bond donors (Lipinski definition) is 2. The van der Waals surface area contributed by atoms with E-state index in [1.54, 1.807) is 6.20 Å². The van der Waals surface area contributed by atoms with Crippen molar-refractivity contribution in [2.75, 3.05) is 34.0 Å². The van der Waals surface area contributed by atoms with Gasteiger partial charge in [-0.05, 0) is 41.5 Å². The zero-order chi connectivity index (χ0) is 24.4. The summed E-state index contributed by atoms with van der Waals surface area (Å²) in [6.07, 6.45) is 3.72. The summed E-state index contributed by atoms with van der Waals surface area (Å²) in [4.78, 5) is 17.3. The minimum absolute atomic E-state index is 0.0468. The van der Waals surface area contributed by atoms with Gasteiger partial charge < -0.3 is 10.4 Å². The Morgan fingerprint density at radius 3 is 2.50 bits per heavy atom. The number of aliphatic hydroxyl groups is 1. The van der Waals surface area contributed by atoms with E-state index in [1.165, 1.54) is 14.2 Å². The molecule has 0 aliphatic heterocycles. The Morgan fingerprint density at radius 2 is 1.79 bits per heavy atom. The SMILES string of the molecule is COP(=O)(OC)OCCCCNC(=O)Cc1cnc2c(CCO)cccc2c1-c1ccccc1. The first-order chi connectivity index (χ1) is 16.5. The highest BCUT2D eigenvalue weighted by atomic mass is 31.2. The molecule has 9 heteroatoms. The van der Waals surface area contributed by atoms with Crippen molar-refractivity contribution in [2.45, 2.75) is 25.7 Å². The molecule has 1 amide bonds. The second kappa shape index (κ2) is 12.7. The number of rotatable bonds is 13. The second-order valence-corrected chi connectivity index (χ2v) is 9.57. The number of unbranched alkanes of at least 4 members (excludes halogenated alkanes) is 1. The summed E-state index contributed by atoms with van der Waals surface area (Å²) in [7, 11) is -0.932. The van der Waals surface area contributed by atoms with Crippen LogP contribution in [0.25, 0.3) is 22.0 Å². The number of benzene rings is 2. The average Bonchev–Trinajstić information content (AvgIpc) is 2.86. The molecular formula is C25H31N2O6P. The molecule has 0 fully saturated rings. The fourth-order valence-electron chi connectivity index (χ4n) is 3.77. The topological polar surface area (TPSA) is 107 Å². The molecule has 0 aliphatic rings. The number of fused-ring (bicyclic) bond motifs is 1. The molecule has 3 aromatic rings. The third-order valence-corrected chi connectivity index (χ3v) is 6.84. The van der Waals surface area contributed by atoms with Gasteiger partial charge in [0.05, 0.1) is 18.5 Å². The van der Waals surface area contributed by atoms with E-state index in [0.29, 0.717) is 25.8 Å². The third-order valence-electron chi connectivity index (χ3n) is 5.44. The van der Waals surface area contributed by atoms with Crippen LogP contribution in [0, 0.1) is 0 Å². The summed E-state index contributed by atoms with van der Waals surface area (Å²) < 4.78 is 26.4. The molecule has 34 heavy (non-hydrogen) atoms. The van der Waals surface area contributed by atoms with E-state index in [2.05, 4.69) is 10.3 Å². The van der Waals surface area contributed by atoms with Gasteiger partial charge in [0.2, 0.25) is 5.91 Å². The van der Waals surface area contributed by atoms with E-state index >= 15 is 0 Å². The van der Waals surface area contributed by atoms with Crippen LogP contribution >= 0.6 is 7.82 Å². The first kappa shape index (κ1) is 26.0. The van der Waals surface area contributed by atoms with Crippen molar-refractivity contribution in [3.8, 4) is 11.1 Å². The summed E-state index contributed by atoms with van der Waals surface area (Å²) in [6, 6.07) is 15.9. The van der Waals surface area contributed by atoms with Crippen molar-refractivity contribution in [3.63, 3.8) is 0 Å². The predicted molar refractivity (Wildman–Crippen MR) is 131 cm³/mol. The number of nitrogens with one attached hydrogen (secondary N) is 1. The van der Waals surface area contributed by atoms with Gasteiger partial charge in [-0.15, -0.1) is 0 Å². The summed E-state index contributed by atoms with van der Waals surface area (Å²) in [6.45, 7) is 0.720. The van der Waals surface area contributed by atoms with Crippen LogP contribution in [0.4, 0.5) is 0 Å². The maximum Gasteiger partial charge on any atom is 0.474 e. The van der Waals surface area contributed by atoms with Crippen LogP contribution in [-0.2, 0) is 35.8 Å². The number of hydrogen-bond acceptors (Lipinski definition) is 7. The van der Waals surface area contributed by atoms with Crippen LogP contribution in [0.15, 0.2) is 54.7 Å². The van der Waals surface area contributed by atoms with Gasteiger partial charge in [0.25, 0.3) is 0 Å². The molecule has 3 rings (SSSR count). The van der Waals surface area contributed by atoms with Gasteiger partial charge in [-0.25, -0.2) is 4.57 Å². The van der Waals surface area contributed by atoms with Crippen LogP contribution in [0.3, 0.4) is 0 Å². The van der Waals surface area contributed by atoms with Gasteiger partial charge >= 0.3 is 7.82 Å². The molecule has 0 unspecified atom stereocenters. The quantitative estimate of drug-likeness (QED) is 0.274. The first-order valence-corrected chi connectivity index (χ1v) is 12.7. The Labute approximate surface area is 199 Å². The van der Waals surface area contributed by atoms with Crippen molar-refractivity contribution in [3.05, 3.63) is 65.9 Å². The van der Waals surface area contributed by atoms with Crippen molar-refractivity contribution in [2.24, 2.45) is 0 Å². The molecule has 182 valence electrons. The number of phosphoric acid groups is 1. The van der Waals surface area contributed by atoms with Crippen LogP contribution in [0.1, 0.15) is 24.0 Å². The van der Waals surface area contributed by atoms with E-state index in [1.807, 2.05) is 48.5 Å². The number of nitrogens with zero attached hydrogens (tertiary/aromatic N) is 1. The number of para-hydroxylation sites is 1. The maximum atomic E-state index is 12.7. The lowest BCUT2D eigenvalue weighted by molar-refractivity contribution is -0.120. The third kappa shape index (κ3) is 6.72. The molecule has 0 bridgehead atoms. The van der Waals surface area contributed by atoms with Crippen molar-refractivity contribution in [1.82, 2.24) is 10.3 Å². The van der Waals surface area contributed by atoms with E-state index in [0.717, 1.165) is 33.2 Å². The van der Waals surface area contributed by atoms with Crippen LogP contribution in [-0.4, -0.2) is 50.0 Å². The minimum atomic E-state index is -3.47. The molecular weight excluding hydrogens is 455 g/mol. The van der Waals surface area contributed by atoms with Gasteiger partial charge in [0.1, 0.15) is 0 Å². The smallest absolute Gasteiger partial charge is 0.396 e. The molecule has 1 aromatic heterocycles. The molecule has 0 aliphatic carbocycles. The average molecular weight is 487 g/mol. The lowest BCUT2D eigenvalue weighted by Gasteiger charge is -2.15. The Hall–Kier alpha value is -2.61. The van der Waals surface area contributed by atoms with E-state index in [9.17, 15) is 14.5 Å². The molecule has 0 spiro atoms. The van der Waals surface area contributed by atoms with E-state index in [-0.39, 0.29) is 25.5 Å². The molecule has 1 heterocycles. The highest BCUT2D eigenvalue weighted by molar-refractivity contribution is 7.48. The number of carbonyl (C=O) groups excluding carboxylic acids is 1. The standard InChI is InChI=1S/C25H31N2O6P/c1-31-34(30,32-2)33-16-7-6-14-26-23(29)17-21-18-27-25-20(13-15-28)11-8-12-22(25)24(21)19-9-4-3-5-10-19/h3-5,8-12,18,28H,6-7,13-17H2,1-2H3,(H,26,29). The van der Waals surface area contributed by atoms with Crippen LogP contribution < -0.4 is 5.32 Å². The number of pyridine rings is 1. The zero-order valence-electron chi connectivity index (χ0n) is 19.5. The Bertz CT molecular complexity index is 1130. The van der Waals surface area contributed by atoms with Gasteiger partial charge in [-0.3, -0.25) is 23.3 Å². The minimum Gasteiger partial charge on any atom is -0.396 e. The van der Waals surface area contributed by atoms with Crippen molar-refractivity contribution < 1.29 is 28.0 Å². The summed E-state index contributed by atoms with van der Waals surface area (Å²) in [5.74, 6) is -0.106. The fourth-order valence-corrected chi connectivity index (χ4v) is 4.49. The summed E-state index contributed by atoms with van der Waals surface area (Å²) >= 11 is 0. The molecule has 8 nitrogen and oxygen atoms in total. The zero-order valence-corrected chi connectivity index (χ0v) is 20.4. The van der Waals surface area contributed by atoms with Gasteiger partial charge in [-0.1, -0.05) is 48.5 Å². The van der Waals surface area contributed by atoms with Crippen LogP contribution in [0.5, 0.6) is 0 Å². The van der Waals surface area contributed by atoms with Crippen LogP contribution in [0.2, 0.25) is 0 Å². The molecule has 0 atom stereocenters. The largest absolute Gasteiger partial charge is 0.474 e. The number of carbonyl (C=O) groups is 1. The molecule has 0 saturated heterocycles. The molecule has 2 N–H and O–H groups in total. The Balaban J connectivity index is 1.69.